The molecule has 5 nitrogen and oxygen atoms in total. The van der Waals surface area contributed by atoms with Crippen molar-refractivity contribution in [3.63, 3.8) is 0 Å². The third-order valence-electron chi connectivity index (χ3n) is 4.98. The van der Waals surface area contributed by atoms with Crippen LogP contribution in [0.25, 0.3) is 0 Å². The molecule has 0 radical (unpaired) electrons. The van der Waals surface area contributed by atoms with E-state index in [-0.39, 0.29) is 18.3 Å². The number of ether oxygens (including phenoxy) is 2. The Balaban J connectivity index is 1.65. The number of nitrogens with zero attached hydrogens (tertiary/aromatic N) is 1. The number of methoxy groups -OCH3 is 1. The summed E-state index contributed by atoms with van der Waals surface area (Å²) in [5.41, 5.74) is 1.93. The lowest BCUT2D eigenvalue weighted by molar-refractivity contribution is -0.00446. The van der Waals surface area contributed by atoms with Gasteiger partial charge in [-0.25, -0.2) is 4.39 Å². The van der Waals surface area contributed by atoms with Crippen LogP contribution >= 0.6 is 0 Å². The standard InChI is InChI=1S/C21H26FNO4/c1-26-20-7-4-16(11-23-9-8-17(13-24)19(25)12-23)10-21(20)27-14-15-2-5-18(22)6-3-15/h2-7,10,17,19,24-25H,8-9,11-14H2,1H3/t17-,19+/m1/s1. The Hall–Kier alpha value is -2.15. The molecule has 1 aliphatic rings. The van der Waals surface area contributed by atoms with Gasteiger partial charge in [-0.3, -0.25) is 4.90 Å². The molecule has 2 N–H and O–H groups in total. The van der Waals surface area contributed by atoms with Crippen LogP contribution in [-0.4, -0.2) is 48.0 Å². The van der Waals surface area contributed by atoms with E-state index in [0.29, 0.717) is 31.2 Å². The summed E-state index contributed by atoms with van der Waals surface area (Å²) in [5.74, 6) is 0.960. The second-order valence-corrected chi connectivity index (χ2v) is 6.93. The predicted molar refractivity (Wildman–Crippen MR) is 100 cm³/mol. The van der Waals surface area contributed by atoms with Crippen LogP contribution < -0.4 is 9.47 Å². The maximum Gasteiger partial charge on any atom is 0.161 e. The number of hydrogen-bond acceptors (Lipinski definition) is 5. The van der Waals surface area contributed by atoms with Gasteiger partial charge in [-0.2, -0.15) is 0 Å². The third-order valence-corrected chi connectivity index (χ3v) is 4.98. The largest absolute Gasteiger partial charge is 0.493 e. The molecule has 0 bridgehead atoms. The van der Waals surface area contributed by atoms with Crippen molar-refractivity contribution < 1.29 is 24.1 Å². The molecule has 146 valence electrons. The molecule has 1 aliphatic heterocycles. The van der Waals surface area contributed by atoms with Crippen LogP contribution in [0.5, 0.6) is 11.5 Å². The van der Waals surface area contributed by atoms with E-state index in [9.17, 15) is 14.6 Å². The minimum Gasteiger partial charge on any atom is -0.493 e. The fourth-order valence-corrected chi connectivity index (χ4v) is 3.33. The number of benzene rings is 2. The highest BCUT2D eigenvalue weighted by atomic mass is 19.1. The molecular weight excluding hydrogens is 349 g/mol. The van der Waals surface area contributed by atoms with Crippen molar-refractivity contribution in [3.05, 3.63) is 59.4 Å². The summed E-state index contributed by atoms with van der Waals surface area (Å²) in [6.07, 6.45) is 0.276. The lowest BCUT2D eigenvalue weighted by atomic mass is 9.94. The van der Waals surface area contributed by atoms with Gasteiger partial charge in [0.2, 0.25) is 0 Å². The molecule has 0 amide bonds. The average Bonchev–Trinajstić information content (AvgIpc) is 2.68. The topological polar surface area (TPSA) is 62.2 Å². The molecule has 0 spiro atoms. The lowest BCUT2D eigenvalue weighted by Crippen LogP contribution is -2.44. The van der Waals surface area contributed by atoms with Crippen molar-refractivity contribution in [1.29, 1.82) is 0 Å². The Labute approximate surface area is 159 Å². The highest BCUT2D eigenvalue weighted by molar-refractivity contribution is 5.43. The zero-order valence-electron chi connectivity index (χ0n) is 15.5. The molecule has 0 aliphatic carbocycles. The van der Waals surface area contributed by atoms with Crippen LogP contribution in [-0.2, 0) is 13.2 Å². The number of hydrogen-bond donors (Lipinski definition) is 2. The molecule has 2 aromatic carbocycles. The van der Waals surface area contributed by atoms with Gasteiger partial charge in [-0.1, -0.05) is 18.2 Å². The minimum absolute atomic E-state index is 0.0267. The first-order valence-electron chi connectivity index (χ1n) is 9.14. The minimum atomic E-state index is -0.504. The van der Waals surface area contributed by atoms with Gasteiger partial charge in [0, 0.05) is 25.6 Å². The van der Waals surface area contributed by atoms with Crippen LogP contribution in [0, 0.1) is 11.7 Å². The van der Waals surface area contributed by atoms with E-state index in [4.69, 9.17) is 9.47 Å². The molecule has 0 aromatic heterocycles. The monoisotopic (exact) mass is 375 g/mol. The molecule has 0 saturated carbocycles. The Morgan fingerprint density at radius 2 is 1.85 bits per heavy atom. The zero-order chi connectivity index (χ0) is 19.2. The summed E-state index contributed by atoms with van der Waals surface area (Å²) >= 11 is 0. The number of aliphatic hydroxyl groups is 2. The highest BCUT2D eigenvalue weighted by Gasteiger charge is 2.27. The first-order chi connectivity index (χ1) is 13.1. The second kappa shape index (κ2) is 9.17. The van der Waals surface area contributed by atoms with Gasteiger partial charge in [-0.05, 0) is 48.4 Å². The maximum absolute atomic E-state index is 13.0. The normalized spacial score (nSPS) is 20.4. The SMILES string of the molecule is COc1ccc(CN2CC[C@H](CO)[C@@H](O)C2)cc1OCc1ccc(F)cc1. The Morgan fingerprint density at radius 3 is 2.52 bits per heavy atom. The van der Waals surface area contributed by atoms with Gasteiger partial charge in [0.1, 0.15) is 12.4 Å². The van der Waals surface area contributed by atoms with Crippen molar-refractivity contribution in [1.82, 2.24) is 4.90 Å². The quantitative estimate of drug-likeness (QED) is 0.779. The van der Waals surface area contributed by atoms with Crippen LogP contribution in [0.2, 0.25) is 0 Å². The predicted octanol–water partition coefficient (Wildman–Crippen LogP) is 2.59. The summed E-state index contributed by atoms with van der Waals surface area (Å²) in [7, 11) is 1.59. The van der Waals surface area contributed by atoms with E-state index in [1.807, 2.05) is 18.2 Å². The zero-order valence-corrected chi connectivity index (χ0v) is 15.5. The van der Waals surface area contributed by atoms with E-state index in [2.05, 4.69) is 4.90 Å². The molecule has 0 unspecified atom stereocenters. The molecule has 1 saturated heterocycles. The number of rotatable bonds is 7. The molecule has 2 aromatic rings. The van der Waals surface area contributed by atoms with Crippen molar-refractivity contribution in [3.8, 4) is 11.5 Å². The molecular formula is C21H26FNO4. The van der Waals surface area contributed by atoms with Gasteiger partial charge in [0.15, 0.2) is 11.5 Å². The molecule has 3 rings (SSSR count). The molecule has 1 heterocycles. The fraction of sp³-hybridized carbons (Fsp3) is 0.429. The van der Waals surface area contributed by atoms with Gasteiger partial charge >= 0.3 is 0 Å². The second-order valence-electron chi connectivity index (χ2n) is 6.93. The number of piperidine rings is 1. The van der Waals surface area contributed by atoms with Crippen LogP contribution in [0.3, 0.4) is 0 Å². The molecule has 2 atom stereocenters. The van der Waals surface area contributed by atoms with E-state index < -0.39 is 6.10 Å². The van der Waals surface area contributed by atoms with Crippen LogP contribution in [0.15, 0.2) is 42.5 Å². The van der Waals surface area contributed by atoms with Crippen molar-refractivity contribution in [2.75, 3.05) is 26.8 Å². The van der Waals surface area contributed by atoms with E-state index in [0.717, 1.165) is 24.1 Å². The summed E-state index contributed by atoms with van der Waals surface area (Å²) in [6.45, 7) is 2.41. The van der Waals surface area contributed by atoms with Crippen molar-refractivity contribution >= 4 is 0 Å². The van der Waals surface area contributed by atoms with Crippen LogP contribution in [0.4, 0.5) is 4.39 Å². The molecule has 27 heavy (non-hydrogen) atoms. The first-order valence-corrected chi connectivity index (χ1v) is 9.14. The van der Waals surface area contributed by atoms with E-state index in [1.54, 1.807) is 19.2 Å². The summed E-state index contributed by atoms with van der Waals surface area (Å²) in [5, 5.41) is 19.4. The summed E-state index contributed by atoms with van der Waals surface area (Å²) < 4.78 is 24.3. The average molecular weight is 375 g/mol. The third kappa shape index (κ3) is 5.19. The highest BCUT2D eigenvalue weighted by Crippen LogP contribution is 2.30. The number of halogens is 1. The Bertz CT molecular complexity index is 737. The summed E-state index contributed by atoms with van der Waals surface area (Å²) in [6, 6.07) is 12.0. The number of likely N-dealkylation sites (tertiary alicyclic amines) is 1. The van der Waals surface area contributed by atoms with E-state index in [1.165, 1.54) is 12.1 Å². The fourth-order valence-electron chi connectivity index (χ4n) is 3.33. The first kappa shape index (κ1) is 19.6. The van der Waals surface area contributed by atoms with Gasteiger partial charge < -0.3 is 19.7 Å². The van der Waals surface area contributed by atoms with Crippen molar-refractivity contribution in [2.45, 2.75) is 25.7 Å². The maximum atomic E-state index is 13.0. The van der Waals surface area contributed by atoms with Gasteiger partial charge in [-0.15, -0.1) is 0 Å². The Morgan fingerprint density at radius 1 is 1.11 bits per heavy atom. The molecule has 1 fully saturated rings. The summed E-state index contributed by atoms with van der Waals surface area (Å²) in [4.78, 5) is 2.17. The van der Waals surface area contributed by atoms with Crippen molar-refractivity contribution in [2.24, 2.45) is 5.92 Å². The van der Waals surface area contributed by atoms with Gasteiger partial charge in [0.05, 0.1) is 13.2 Å². The number of aliphatic hydroxyl groups excluding tert-OH is 2. The van der Waals surface area contributed by atoms with E-state index >= 15 is 0 Å². The molecule has 6 heteroatoms. The lowest BCUT2D eigenvalue weighted by Gasteiger charge is -2.35. The smallest absolute Gasteiger partial charge is 0.161 e. The van der Waals surface area contributed by atoms with Crippen LogP contribution in [0.1, 0.15) is 17.5 Å². The van der Waals surface area contributed by atoms with Gasteiger partial charge in [0.25, 0.3) is 0 Å². The Kier molecular flexibility index (Phi) is 6.66. The number of β-amino-alcohol motifs (C(OH)–C–C–N with tert-alkyl or cyclic N) is 1.